The molecule has 3 rings (SSSR count). The van der Waals surface area contributed by atoms with E-state index in [1.807, 2.05) is 37.3 Å². The van der Waals surface area contributed by atoms with E-state index in [9.17, 15) is 9.90 Å². The molecule has 1 aliphatic rings. The van der Waals surface area contributed by atoms with Gasteiger partial charge in [0.15, 0.2) is 0 Å². The zero-order valence-electron chi connectivity index (χ0n) is 13.4. The van der Waals surface area contributed by atoms with Crippen molar-refractivity contribution < 1.29 is 9.90 Å². The van der Waals surface area contributed by atoms with Crippen LogP contribution in [0.4, 0.5) is 0 Å². The SMILES string of the molecule is Cc1ccc(-c2cncc(C(=O)NC3(CO)CCCC3)c2)cc1. The number of nitrogens with one attached hydrogen (secondary N) is 1. The lowest BCUT2D eigenvalue weighted by atomic mass is 9.98. The lowest BCUT2D eigenvalue weighted by molar-refractivity contribution is 0.0838. The first-order valence-electron chi connectivity index (χ1n) is 8.07. The van der Waals surface area contributed by atoms with Crippen molar-refractivity contribution >= 4 is 5.91 Å². The van der Waals surface area contributed by atoms with Crippen molar-refractivity contribution in [3.8, 4) is 11.1 Å². The van der Waals surface area contributed by atoms with E-state index in [4.69, 9.17) is 0 Å². The van der Waals surface area contributed by atoms with E-state index in [2.05, 4.69) is 10.3 Å². The third-order valence-corrected chi connectivity index (χ3v) is 4.63. The van der Waals surface area contributed by atoms with Crippen LogP contribution < -0.4 is 5.32 Å². The van der Waals surface area contributed by atoms with Gasteiger partial charge in [0, 0.05) is 18.0 Å². The number of aliphatic hydroxyl groups is 1. The largest absolute Gasteiger partial charge is 0.394 e. The molecule has 1 fully saturated rings. The summed E-state index contributed by atoms with van der Waals surface area (Å²) in [5, 5.41) is 12.7. The number of carbonyl (C=O) groups excluding carboxylic acids is 1. The first-order valence-corrected chi connectivity index (χ1v) is 8.07. The van der Waals surface area contributed by atoms with Gasteiger partial charge in [0.25, 0.3) is 5.91 Å². The van der Waals surface area contributed by atoms with Gasteiger partial charge in [-0.05, 0) is 31.4 Å². The highest BCUT2D eigenvalue weighted by Gasteiger charge is 2.34. The van der Waals surface area contributed by atoms with Crippen molar-refractivity contribution in [1.82, 2.24) is 10.3 Å². The molecule has 0 saturated heterocycles. The quantitative estimate of drug-likeness (QED) is 0.912. The van der Waals surface area contributed by atoms with E-state index < -0.39 is 5.54 Å². The van der Waals surface area contributed by atoms with Crippen LogP contribution in [0, 0.1) is 6.92 Å². The van der Waals surface area contributed by atoms with Gasteiger partial charge in [-0.15, -0.1) is 0 Å². The smallest absolute Gasteiger partial charge is 0.253 e. The molecule has 1 amide bonds. The molecule has 4 nitrogen and oxygen atoms in total. The average molecular weight is 310 g/mol. The van der Waals surface area contributed by atoms with Gasteiger partial charge in [0.2, 0.25) is 0 Å². The monoisotopic (exact) mass is 310 g/mol. The summed E-state index contributed by atoms with van der Waals surface area (Å²) in [7, 11) is 0. The summed E-state index contributed by atoms with van der Waals surface area (Å²) in [6.07, 6.45) is 7.09. The van der Waals surface area contributed by atoms with Crippen LogP contribution in [0.3, 0.4) is 0 Å². The van der Waals surface area contributed by atoms with Crippen molar-refractivity contribution in [2.24, 2.45) is 0 Å². The molecule has 0 radical (unpaired) electrons. The van der Waals surface area contributed by atoms with Crippen LogP contribution in [-0.2, 0) is 0 Å². The normalized spacial score (nSPS) is 16.3. The Hall–Kier alpha value is -2.20. The molecule has 0 spiro atoms. The molecule has 23 heavy (non-hydrogen) atoms. The molecule has 4 heteroatoms. The van der Waals surface area contributed by atoms with Crippen molar-refractivity contribution in [2.45, 2.75) is 38.1 Å². The Morgan fingerprint density at radius 2 is 1.87 bits per heavy atom. The second-order valence-electron chi connectivity index (χ2n) is 6.43. The lowest BCUT2D eigenvalue weighted by Crippen LogP contribution is -2.49. The van der Waals surface area contributed by atoms with Crippen LogP contribution in [0.25, 0.3) is 11.1 Å². The summed E-state index contributed by atoms with van der Waals surface area (Å²) in [6.45, 7) is 2.03. The third-order valence-electron chi connectivity index (χ3n) is 4.63. The fourth-order valence-corrected chi connectivity index (χ4v) is 3.16. The maximum atomic E-state index is 12.5. The number of nitrogens with zero attached hydrogens (tertiary/aromatic N) is 1. The number of benzene rings is 1. The summed E-state index contributed by atoms with van der Waals surface area (Å²) in [5.41, 5.74) is 3.22. The predicted molar refractivity (Wildman–Crippen MR) is 90.2 cm³/mol. The molecule has 2 N–H and O–H groups in total. The van der Waals surface area contributed by atoms with Gasteiger partial charge in [-0.1, -0.05) is 42.7 Å². The van der Waals surface area contributed by atoms with E-state index in [-0.39, 0.29) is 12.5 Å². The Morgan fingerprint density at radius 3 is 2.52 bits per heavy atom. The van der Waals surface area contributed by atoms with E-state index in [0.29, 0.717) is 5.56 Å². The van der Waals surface area contributed by atoms with E-state index in [0.717, 1.165) is 36.8 Å². The number of hydrogen-bond acceptors (Lipinski definition) is 3. The zero-order chi connectivity index (χ0) is 16.3. The average Bonchev–Trinajstić information content (AvgIpc) is 3.05. The number of aryl methyl sites for hydroxylation is 1. The molecular formula is C19H22N2O2. The number of pyridine rings is 1. The van der Waals surface area contributed by atoms with Gasteiger partial charge >= 0.3 is 0 Å². The Kier molecular flexibility index (Phi) is 4.44. The predicted octanol–water partition coefficient (Wildman–Crippen LogP) is 3.09. The second-order valence-corrected chi connectivity index (χ2v) is 6.43. The molecule has 1 aromatic carbocycles. The molecule has 120 valence electrons. The molecule has 0 atom stereocenters. The van der Waals surface area contributed by atoms with Gasteiger partial charge in [-0.2, -0.15) is 0 Å². The molecule has 0 bridgehead atoms. The van der Waals surface area contributed by atoms with Crippen molar-refractivity contribution in [3.63, 3.8) is 0 Å². The molecule has 1 saturated carbocycles. The maximum Gasteiger partial charge on any atom is 0.253 e. The summed E-state index contributed by atoms with van der Waals surface area (Å²) < 4.78 is 0. The van der Waals surface area contributed by atoms with Crippen molar-refractivity contribution in [3.05, 3.63) is 53.9 Å². The van der Waals surface area contributed by atoms with Gasteiger partial charge in [0.05, 0.1) is 17.7 Å². The summed E-state index contributed by atoms with van der Waals surface area (Å²) in [4.78, 5) is 16.7. The third kappa shape index (κ3) is 3.42. The molecule has 1 aliphatic carbocycles. The van der Waals surface area contributed by atoms with Crippen LogP contribution in [-0.4, -0.2) is 28.1 Å². The second kappa shape index (κ2) is 6.50. The highest BCUT2D eigenvalue weighted by molar-refractivity contribution is 5.95. The van der Waals surface area contributed by atoms with Crippen molar-refractivity contribution in [2.75, 3.05) is 6.61 Å². The highest BCUT2D eigenvalue weighted by atomic mass is 16.3. The molecule has 0 aliphatic heterocycles. The van der Waals surface area contributed by atoms with Gasteiger partial charge in [-0.25, -0.2) is 0 Å². The minimum absolute atomic E-state index is 0.0101. The highest BCUT2D eigenvalue weighted by Crippen LogP contribution is 2.29. The topological polar surface area (TPSA) is 62.2 Å². The fourth-order valence-electron chi connectivity index (χ4n) is 3.16. The summed E-state index contributed by atoms with van der Waals surface area (Å²) in [6, 6.07) is 10.00. The van der Waals surface area contributed by atoms with Crippen LogP contribution in [0.15, 0.2) is 42.7 Å². The van der Waals surface area contributed by atoms with Crippen LogP contribution >= 0.6 is 0 Å². The van der Waals surface area contributed by atoms with Gasteiger partial charge in [0.1, 0.15) is 0 Å². The number of hydrogen-bond donors (Lipinski definition) is 2. The number of aliphatic hydroxyl groups excluding tert-OH is 1. The van der Waals surface area contributed by atoms with E-state index >= 15 is 0 Å². The van der Waals surface area contributed by atoms with Crippen LogP contribution in [0.1, 0.15) is 41.6 Å². The number of rotatable bonds is 4. The zero-order valence-corrected chi connectivity index (χ0v) is 13.4. The molecule has 0 unspecified atom stereocenters. The van der Waals surface area contributed by atoms with Crippen LogP contribution in [0.5, 0.6) is 0 Å². The summed E-state index contributed by atoms with van der Waals surface area (Å²) >= 11 is 0. The van der Waals surface area contributed by atoms with E-state index in [1.165, 1.54) is 5.56 Å². The Labute approximate surface area is 136 Å². The summed E-state index contributed by atoms with van der Waals surface area (Å²) in [5.74, 6) is -0.164. The number of aromatic nitrogens is 1. The van der Waals surface area contributed by atoms with Crippen molar-refractivity contribution in [1.29, 1.82) is 0 Å². The van der Waals surface area contributed by atoms with Gasteiger partial charge < -0.3 is 10.4 Å². The maximum absolute atomic E-state index is 12.5. The molecular weight excluding hydrogens is 288 g/mol. The number of amides is 1. The fraction of sp³-hybridized carbons (Fsp3) is 0.368. The molecule has 1 aromatic heterocycles. The Balaban J connectivity index is 1.81. The first-order chi connectivity index (χ1) is 11.1. The van der Waals surface area contributed by atoms with E-state index in [1.54, 1.807) is 12.4 Å². The molecule has 2 aromatic rings. The minimum Gasteiger partial charge on any atom is -0.394 e. The minimum atomic E-state index is -0.461. The standard InChI is InChI=1S/C19H22N2O2/c1-14-4-6-15(7-5-14)16-10-17(12-20-11-16)18(23)21-19(13-22)8-2-3-9-19/h4-7,10-12,22H,2-3,8-9,13H2,1H3,(H,21,23). The first kappa shape index (κ1) is 15.7. The lowest BCUT2D eigenvalue weighted by Gasteiger charge is -2.28. The number of carbonyl (C=O) groups is 1. The molecule has 1 heterocycles. The van der Waals surface area contributed by atoms with Crippen LogP contribution in [0.2, 0.25) is 0 Å². The van der Waals surface area contributed by atoms with Gasteiger partial charge in [-0.3, -0.25) is 9.78 Å². The Bertz CT molecular complexity index is 689. The Morgan fingerprint density at radius 1 is 1.17 bits per heavy atom.